The summed E-state index contributed by atoms with van der Waals surface area (Å²) in [5.74, 6) is -0.128. The quantitative estimate of drug-likeness (QED) is 0.115. The topological polar surface area (TPSA) is 26.3 Å². The molecular formula is C24H42O2. The maximum atomic E-state index is 12.4. The van der Waals surface area contributed by atoms with Crippen LogP contribution in [0.1, 0.15) is 104 Å². The molecule has 0 spiro atoms. The van der Waals surface area contributed by atoms with E-state index < -0.39 is 0 Å². The van der Waals surface area contributed by atoms with Crippen LogP contribution in [0.5, 0.6) is 0 Å². The molecule has 0 fully saturated rings. The lowest BCUT2D eigenvalue weighted by Crippen LogP contribution is -2.09. The van der Waals surface area contributed by atoms with Crippen molar-refractivity contribution in [1.82, 2.24) is 0 Å². The molecule has 0 aromatic rings. The smallest absolute Gasteiger partial charge is 0.333 e. The van der Waals surface area contributed by atoms with Gasteiger partial charge in [-0.2, -0.15) is 0 Å². The molecule has 0 heterocycles. The molecule has 0 saturated carbocycles. The molecule has 150 valence electrons. The monoisotopic (exact) mass is 362 g/mol. The van der Waals surface area contributed by atoms with Crippen molar-refractivity contribution < 1.29 is 9.53 Å². The highest BCUT2D eigenvalue weighted by Crippen LogP contribution is 2.11. The zero-order valence-electron chi connectivity index (χ0n) is 17.6. The fourth-order valence-corrected chi connectivity index (χ4v) is 2.62. The van der Waals surface area contributed by atoms with Gasteiger partial charge in [-0.25, -0.2) is 4.79 Å². The molecule has 0 atom stereocenters. The summed E-state index contributed by atoms with van der Waals surface area (Å²) in [6.45, 7) is 7.11. The first-order valence-corrected chi connectivity index (χ1v) is 10.9. The van der Waals surface area contributed by atoms with E-state index in [1.807, 2.05) is 0 Å². The Morgan fingerprint density at radius 1 is 0.692 bits per heavy atom. The van der Waals surface area contributed by atoms with Crippen LogP contribution in [0.25, 0.3) is 0 Å². The van der Waals surface area contributed by atoms with Gasteiger partial charge in [-0.15, -0.1) is 0 Å². The number of unbranched alkanes of at least 4 members (excludes halogenated alkanes) is 8. The standard InChI is InChI=1S/C24H42O2/c1-4-7-10-13-15-18-21-23(20-17-12-9-6-3)24(25)26-22-19-16-14-11-8-5-2/h11,14-15,18,20H,4-10,12-13,16-17,19,21-22H2,1-3H3. The molecule has 0 rings (SSSR count). The van der Waals surface area contributed by atoms with Crippen LogP contribution in [0.3, 0.4) is 0 Å². The van der Waals surface area contributed by atoms with Crippen molar-refractivity contribution in [3.63, 3.8) is 0 Å². The van der Waals surface area contributed by atoms with Crippen LogP contribution in [0.4, 0.5) is 0 Å². The second kappa shape index (κ2) is 20.0. The van der Waals surface area contributed by atoms with Gasteiger partial charge in [0.2, 0.25) is 0 Å². The van der Waals surface area contributed by atoms with E-state index in [9.17, 15) is 4.79 Å². The molecule has 26 heavy (non-hydrogen) atoms. The molecule has 0 aromatic heterocycles. The zero-order valence-corrected chi connectivity index (χ0v) is 17.6. The van der Waals surface area contributed by atoms with E-state index in [1.54, 1.807) is 0 Å². The van der Waals surface area contributed by atoms with E-state index in [1.165, 1.54) is 38.5 Å². The van der Waals surface area contributed by atoms with E-state index in [0.29, 0.717) is 13.0 Å². The van der Waals surface area contributed by atoms with Crippen LogP contribution in [0.2, 0.25) is 0 Å². The van der Waals surface area contributed by atoms with Crippen molar-refractivity contribution >= 4 is 5.97 Å². The Labute approximate surface area is 162 Å². The van der Waals surface area contributed by atoms with E-state index in [4.69, 9.17) is 4.74 Å². The summed E-state index contributed by atoms with van der Waals surface area (Å²) in [4.78, 5) is 12.4. The third-order valence-corrected chi connectivity index (χ3v) is 4.31. The summed E-state index contributed by atoms with van der Waals surface area (Å²) >= 11 is 0. The van der Waals surface area contributed by atoms with Gasteiger partial charge in [-0.3, -0.25) is 0 Å². The minimum Gasteiger partial charge on any atom is -0.462 e. The van der Waals surface area contributed by atoms with Gasteiger partial charge in [0.1, 0.15) is 0 Å². The number of hydrogen-bond acceptors (Lipinski definition) is 2. The molecule has 0 aliphatic rings. The minimum atomic E-state index is -0.128. The Balaban J connectivity index is 4.27. The largest absolute Gasteiger partial charge is 0.462 e. The van der Waals surface area contributed by atoms with E-state index >= 15 is 0 Å². The molecule has 0 aliphatic carbocycles. The van der Waals surface area contributed by atoms with Crippen molar-refractivity contribution in [3.05, 3.63) is 36.0 Å². The van der Waals surface area contributed by atoms with Gasteiger partial charge < -0.3 is 4.74 Å². The highest BCUT2D eigenvalue weighted by Gasteiger charge is 2.09. The summed E-state index contributed by atoms with van der Waals surface area (Å²) < 4.78 is 5.49. The minimum absolute atomic E-state index is 0.128. The molecule has 0 amide bonds. The van der Waals surface area contributed by atoms with Crippen LogP contribution in [0, 0.1) is 0 Å². The summed E-state index contributed by atoms with van der Waals surface area (Å²) in [6, 6.07) is 0. The number of rotatable bonds is 17. The van der Waals surface area contributed by atoms with Gasteiger partial charge in [0.05, 0.1) is 6.61 Å². The molecule has 0 saturated heterocycles. The molecule has 0 aliphatic heterocycles. The highest BCUT2D eigenvalue weighted by atomic mass is 16.5. The van der Waals surface area contributed by atoms with Gasteiger partial charge in [0, 0.05) is 5.57 Å². The van der Waals surface area contributed by atoms with Crippen LogP contribution < -0.4 is 0 Å². The fourth-order valence-electron chi connectivity index (χ4n) is 2.62. The molecule has 2 heteroatoms. The Morgan fingerprint density at radius 3 is 2.00 bits per heavy atom. The molecule has 0 unspecified atom stereocenters. The Hall–Kier alpha value is -1.31. The Kier molecular flexibility index (Phi) is 19.0. The van der Waals surface area contributed by atoms with Gasteiger partial charge in [-0.05, 0) is 51.4 Å². The van der Waals surface area contributed by atoms with E-state index in [-0.39, 0.29) is 5.97 Å². The lowest BCUT2D eigenvalue weighted by molar-refractivity contribution is -0.139. The zero-order chi connectivity index (χ0) is 19.3. The average Bonchev–Trinajstić information content (AvgIpc) is 2.65. The second-order valence-corrected chi connectivity index (χ2v) is 6.93. The summed E-state index contributed by atoms with van der Waals surface area (Å²) in [6.07, 6.45) is 25.2. The van der Waals surface area contributed by atoms with Gasteiger partial charge in [0.15, 0.2) is 0 Å². The predicted molar refractivity (Wildman–Crippen MR) is 114 cm³/mol. The lowest BCUT2D eigenvalue weighted by atomic mass is 10.1. The third-order valence-electron chi connectivity index (χ3n) is 4.31. The Bertz CT molecular complexity index is 404. The summed E-state index contributed by atoms with van der Waals surface area (Å²) in [5.41, 5.74) is 0.828. The van der Waals surface area contributed by atoms with Crippen LogP contribution >= 0.6 is 0 Å². The van der Waals surface area contributed by atoms with Gasteiger partial charge in [0.25, 0.3) is 0 Å². The molecule has 2 nitrogen and oxygen atoms in total. The molecule has 0 radical (unpaired) electrons. The van der Waals surface area contributed by atoms with Crippen molar-refractivity contribution in [2.45, 2.75) is 104 Å². The average molecular weight is 363 g/mol. The number of hydrogen-bond donors (Lipinski definition) is 0. The molecular weight excluding hydrogens is 320 g/mol. The third kappa shape index (κ3) is 16.2. The lowest BCUT2D eigenvalue weighted by Gasteiger charge is -2.07. The second-order valence-electron chi connectivity index (χ2n) is 6.93. The van der Waals surface area contributed by atoms with Crippen LogP contribution in [0.15, 0.2) is 36.0 Å². The first-order valence-electron chi connectivity index (χ1n) is 10.9. The SMILES string of the molecule is CCCC=CCCCOC(=O)C(=CCCCCC)CC=CCCCCC. The van der Waals surface area contributed by atoms with Crippen molar-refractivity contribution in [3.8, 4) is 0 Å². The highest BCUT2D eigenvalue weighted by molar-refractivity contribution is 5.88. The Morgan fingerprint density at radius 2 is 1.31 bits per heavy atom. The summed E-state index contributed by atoms with van der Waals surface area (Å²) in [7, 11) is 0. The fraction of sp³-hybridized carbons (Fsp3) is 0.708. The predicted octanol–water partition coefficient (Wildman–Crippen LogP) is 7.70. The van der Waals surface area contributed by atoms with Gasteiger partial charge >= 0.3 is 5.97 Å². The maximum Gasteiger partial charge on any atom is 0.333 e. The van der Waals surface area contributed by atoms with Crippen molar-refractivity contribution in [2.75, 3.05) is 6.61 Å². The normalized spacial score (nSPS) is 12.3. The van der Waals surface area contributed by atoms with Gasteiger partial charge in [-0.1, -0.05) is 83.3 Å². The number of carbonyl (C=O) groups excluding carboxylic acids is 1. The van der Waals surface area contributed by atoms with Crippen molar-refractivity contribution in [1.29, 1.82) is 0 Å². The van der Waals surface area contributed by atoms with E-state index in [0.717, 1.165) is 44.1 Å². The maximum absolute atomic E-state index is 12.4. The van der Waals surface area contributed by atoms with Crippen LogP contribution in [-0.2, 0) is 9.53 Å². The number of esters is 1. The first kappa shape index (κ1) is 24.7. The number of allylic oxidation sites excluding steroid dienone is 5. The first-order chi connectivity index (χ1) is 12.8. The number of carbonyl (C=O) groups is 1. The van der Waals surface area contributed by atoms with E-state index in [2.05, 4.69) is 51.2 Å². The van der Waals surface area contributed by atoms with Crippen LogP contribution in [-0.4, -0.2) is 12.6 Å². The summed E-state index contributed by atoms with van der Waals surface area (Å²) in [5, 5.41) is 0. The molecule has 0 aromatic carbocycles. The molecule has 0 bridgehead atoms. The number of ether oxygens (including phenoxy) is 1. The molecule has 0 N–H and O–H groups in total. The van der Waals surface area contributed by atoms with Crippen molar-refractivity contribution in [2.24, 2.45) is 0 Å².